The number of amides is 3. The lowest BCUT2D eigenvalue weighted by molar-refractivity contribution is -0.147. The number of esters is 1. The molecule has 184 valence electrons. The number of nitrogens with zero attached hydrogens (tertiary/aromatic N) is 2. The Morgan fingerprint density at radius 2 is 1.76 bits per heavy atom. The average Bonchev–Trinajstić information content (AvgIpc) is 3.44. The first-order valence-corrected chi connectivity index (χ1v) is 13.0. The van der Waals surface area contributed by atoms with Crippen LogP contribution in [0.3, 0.4) is 0 Å². The molecular weight excluding hydrogens is 462 g/mol. The van der Waals surface area contributed by atoms with E-state index in [0.29, 0.717) is 19.5 Å². The van der Waals surface area contributed by atoms with E-state index in [2.05, 4.69) is 5.32 Å². The fourth-order valence-electron chi connectivity index (χ4n) is 4.93. The molecule has 2 heterocycles. The molecule has 0 radical (unpaired) electrons. The lowest BCUT2D eigenvalue weighted by Crippen LogP contribution is -2.54. The van der Waals surface area contributed by atoms with E-state index in [9.17, 15) is 27.6 Å². The second kappa shape index (κ2) is 9.46. The smallest absolute Gasteiger partial charge is 0.326 e. The van der Waals surface area contributed by atoms with E-state index in [1.54, 1.807) is 0 Å². The van der Waals surface area contributed by atoms with Gasteiger partial charge in [-0.3, -0.25) is 19.3 Å². The van der Waals surface area contributed by atoms with Gasteiger partial charge in [-0.15, -0.1) is 0 Å². The molecule has 2 saturated heterocycles. The molecule has 2 unspecified atom stereocenters. The molecule has 1 N–H and O–H groups in total. The summed E-state index contributed by atoms with van der Waals surface area (Å²) in [5.41, 5.74) is -0.777. The summed E-state index contributed by atoms with van der Waals surface area (Å²) in [5.74, 6) is -1.85. The second-order valence-electron chi connectivity index (χ2n) is 9.16. The molecule has 1 aromatic carbocycles. The van der Waals surface area contributed by atoms with E-state index in [1.165, 1.54) is 28.6 Å². The Kier molecular flexibility index (Phi) is 6.77. The van der Waals surface area contributed by atoms with Crippen molar-refractivity contribution in [3.05, 3.63) is 29.8 Å². The highest BCUT2D eigenvalue weighted by Crippen LogP contribution is 2.38. The van der Waals surface area contributed by atoms with Crippen LogP contribution in [0.5, 0.6) is 0 Å². The second-order valence-corrected chi connectivity index (χ2v) is 11.1. The highest BCUT2D eigenvalue weighted by molar-refractivity contribution is 7.89. The molecule has 1 aliphatic carbocycles. The molecule has 1 saturated carbocycles. The van der Waals surface area contributed by atoms with Gasteiger partial charge in [0.25, 0.3) is 5.91 Å². The summed E-state index contributed by atoms with van der Waals surface area (Å²) in [6.45, 7) is 1.73. The average molecular weight is 492 g/mol. The third-order valence-electron chi connectivity index (χ3n) is 7.03. The Hall–Kier alpha value is -2.79. The van der Waals surface area contributed by atoms with Crippen LogP contribution in [0.25, 0.3) is 0 Å². The minimum Gasteiger partial charge on any atom is -0.456 e. The Bertz CT molecular complexity index is 1100. The number of sulfonamides is 1. The van der Waals surface area contributed by atoms with Crippen molar-refractivity contribution < 1.29 is 32.3 Å². The number of hydrogen-bond donors (Lipinski definition) is 1. The number of carbonyl (C=O) groups excluding carboxylic acids is 4. The number of benzene rings is 1. The largest absolute Gasteiger partial charge is 0.456 e. The molecule has 4 rings (SSSR count). The summed E-state index contributed by atoms with van der Waals surface area (Å²) < 4.78 is 31.6. The van der Waals surface area contributed by atoms with Gasteiger partial charge in [0.15, 0.2) is 12.4 Å². The summed E-state index contributed by atoms with van der Waals surface area (Å²) in [6, 6.07) is 4.86. The van der Waals surface area contributed by atoms with Crippen LogP contribution in [0.15, 0.2) is 29.2 Å². The predicted octanol–water partition coefficient (Wildman–Crippen LogP) is 1.70. The molecule has 3 aliphatic rings. The van der Waals surface area contributed by atoms with Gasteiger partial charge >= 0.3 is 12.0 Å². The van der Waals surface area contributed by atoms with Crippen LogP contribution in [0.2, 0.25) is 0 Å². The normalized spacial score (nSPS) is 25.6. The van der Waals surface area contributed by atoms with E-state index < -0.39 is 52.4 Å². The number of urea groups is 1. The standard InChI is InChI=1S/C23H29N3O7S/c1-16-6-2-3-11-23(16)21(29)26(22(30)24-23)14-20(28)33-15-19(27)17-7-9-18(10-8-17)34(31,32)25-12-4-5-13-25/h7-10,16H,2-6,11-15H2,1H3,(H,24,30). The van der Waals surface area contributed by atoms with Crippen LogP contribution < -0.4 is 5.32 Å². The quantitative estimate of drug-likeness (QED) is 0.349. The summed E-state index contributed by atoms with van der Waals surface area (Å²) >= 11 is 0. The molecule has 0 aromatic heterocycles. The molecule has 34 heavy (non-hydrogen) atoms. The maximum absolute atomic E-state index is 12.9. The number of imide groups is 1. The number of nitrogens with one attached hydrogen (secondary N) is 1. The summed E-state index contributed by atoms with van der Waals surface area (Å²) in [4.78, 5) is 51.0. The van der Waals surface area contributed by atoms with Crippen LogP contribution in [-0.2, 0) is 24.3 Å². The number of Topliss-reactive ketones (excluding diaryl/α,β-unsaturated/α-hetero) is 1. The van der Waals surface area contributed by atoms with Crippen LogP contribution in [-0.4, -0.2) is 73.1 Å². The summed E-state index contributed by atoms with van der Waals surface area (Å²) in [6.07, 6.45) is 4.81. The molecule has 0 bridgehead atoms. The first-order valence-electron chi connectivity index (χ1n) is 11.6. The molecule has 1 aromatic rings. The van der Waals surface area contributed by atoms with Crippen molar-refractivity contribution in [1.82, 2.24) is 14.5 Å². The van der Waals surface area contributed by atoms with Crippen LogP contribution in [0, 0.1) is 5.92 Å². The number of carbonyl (C=O) groups is 4. The maximum Gasteiger partial charge on any atom is 0.326 e. The number of ketones is 1. The summed E-state index contributed by atoms with van der Waals surface area (Å²) in [5, 5.41) is 2.76. The molecule has 10 nitrogen and oxygen atoms in total. The fraction of sp³-hybridized carbons (Fsp3) is 0.565. The van der Waals surface area contributed by atoms with Gasteiger partial charge in [0.05, 0.1) is 4.90 Å². The van der Waals surface area contributed by atoms with Gasteiger partial charge in [-0.2, -0.15) is 4.31 Å². The molecule has 2 atom stereocenters. The van der Waals surface area contributed by atoms with Crippen molar-refractivity contribution in [1.29, 1.82) is 0 Å². The highest BCUT2D eigenvalue weighted by atomic mass is 32.2. The first kappa shape index (κ1) is 24.3. The molecule has 2 aliphatic heterocycles. The predicted molar refractivity (Wildman–Crippen MR) is 120 cm³/mol. The van der Waals surface area contributed by atoms with Crippen molar-refractivity contribution in [3.8, 4) is 0 Å². The van der Waals surface area contributed by atoms with E-state index in [-0.39, 0.29) is 16.4 Å². The van der Waals surface area contributed by atoms with E-state index in [0.717, 1.165) is 37.0 Å². The minimum absolute atomic E-state index is 0.0300. The van der Waals surface area contributed by atoms with Gasteiger partial charge in [-0.25, -0.2) is 13.2 Å². The Morgan fingerprint density at radius 3 is 2.41 bits per heavy atom. The lowest BCUT2D eigenvalue weighted by Gasteiger charge is -2.36. The van der Waals surface area contributed by atoms with Crippen molar-refractivity contribution in [2.45, 2.75) is 55.9 Å². The van der Waals surface area contributed by atoms with Crippen molar-refractivity contribution >= 4 is 33.7 Å². The topological polar surface area (TPSA) is 130 Å². The third-order valence-corrected chi connectivity index (χ3v) is 8.94. The number of hydrogen-bond acceptors (Lipinski definition) is 7. The SMILES string of the molecule is CC1CCCCC12NC(=O)N(CC(=O)OCC(=O)c1ccc(S(=O)(=O)N3CCCC3)cc1)C2=O. The van der Waals surface area contributed by atoms with Crippen molar-refractivity contribution in [2.75, 3.05) is 26.2 Å². The molecule has 3 fully saturated rings. The van der Waals surface area contributed by atoms with Gasteiger partial charge in [0, 0.05) is 18.7 Å². The number of ether oxygens (including phenoxy) is 1. The van der Waals surface area contributed by atoms with Crippen LogP contribution >= 0.6 is 0 Å². The zero-order valence-corrected chi connectivity index (χ0v) is 19.9. The molecule has 1 spiro atoms. The zero-order chi connectivity index (χ0) is 24.5. The number of rotatable bonds is 7. The van der Waals surface area contributed by atoms with E-state index >= 15 is 0 Å². The third kappa shape index (κ3) is 4.46. The van der Waals surface area contributed by atoms with Gasteiger partial charge in [0.2, 0.25) is 10.0 Å². The van der Waals surface area contributed by atoms with Crippen LogP contribution in [0.4, 0.5) is 4.79 Å². The lowest BCUT2D eigenvalue weighted by atomic mass is 9.73. The van der Waals surface area contributed by atoms with Gasteiger partial charge < -0.3 is 10.1 Å². The fourth-order valence-corrected chi connectivity index (χ4v) is 6.45. The zero-order valence-electron chi connectivity index (χ0n) is 19.1. The maximum atomic E-state index is 12.9. The Balaban J connectivity index is 1.32. The Morgan fingerprint density at radius 1 is 1.09 bits per heavy atom. The first-order chi connectivity index (χ1) is 16.1. The van der Waals surface area contributed by atoms with Gasteiger partial charge in [-0.1, -0.05) is 19.8 Å². The van der Waals surface area contributed by atoms with E-state index in [4.69, 9.17) is 4.74 Å². The monoisotopic (exact) mass is 491 g/mol. The summed E-state index contributed by atoms with van der Waals surface area (Å²) in [7, 11) is -3.59. The Labute approximate surface area is 198 Å². The van der Waals surface area contributed by atoms with Crippen LogP contribution in [0.1, 0.15) is 55.8 Å². The van der Waals surface area contributed by atoms with Gasteiger partial charge in [0.1, 0.15) is 12.1 Å². The molecule has 11 heteroatoms. The van der Waals surface area contributed by atoms with Gasteiger partial charge in [-0.05, 0) is 55.9 Å². The van der Waals surface area contributed by atoms with Crippen molar-refractivity contribution in [2.24, 2.45) is 5.92 Å². The van der Waals surface area contributed by atoms with E-state index in [1.807, 2.05) is 6.92 Å². The molecule has 3 amide bonds. The van der Waals surface area contributed by atoms with Crippen molar-refractivity contribution in [3.63, 3.8) is 0 Å². The molecular formula is C23H29N3O7S. The minimum atomic E-state index is -3.59. The highest BCUT2D eigenvalue weighted by Gasteiger charge is 2.55.